The van der Waals surface area contributed by atoms with E-state index < -0.39 is 0 Å². The molecule has 1 N–H and O–H groups in total. The van der Waals surface area contributed by atoms with E-state index >= 15 is 0 Å². The maximum atomic E-state index is 9.27. The summed E-state index contributed by atoms with van der Waals surface area (Å²) >= 11 is 0. The number of aromatic nitrogens is 1. The van der Waals surface area contributed by atoms with Crippen molar-refractivity contribution >= 4 is 5.82 Å². The quantitative estimate of drug-likeness (QED) is 0.897. The second-order valence-electron chi connectivity index (χ2n) is 5.69. The molecule has 0 aromatic carbocycles. The Labute approximate surface area is 121 Å². The fourth-order valence-electron chi connectivity index (χ4n) is 2.64. The Balaban J connectivity index is 2.09. The Morgan fingerprint density at radius 1 is 1.40 bits per heavy atom. The van der Waals surface area contributed by atoms with Gasteiger partial charge >= 0.3 is 0 Å². The molecule has 5 nitrogen and oxygen atoms in total. The van der Waals surface area contributed by atoms with Crippen LogP contribution in [-0.2, 0) is 0 Å². The number of rotatable bonds is 3. The first-order valence-electron chi connectivity index (χ1n) is 7.02. The molecule has 1 aromatic rings. The number of hydrogen-bond acceptors (Lipinski definition) is 5. The van der Waals surface area contributed by atoms with Crippen LogP contribution < -0.4 is 5.32 Å². The van der Waals surface area contributed by atoms with Gasteiger partial charge in [-0.3, -0.25) is 4.90 Å². The minimum atomic E-state index is 0.447. The van der Waals surface area contributed by atoms with Crippen molar-refractivity contribution in [3.8, 4) is 6.07 Å². The van der Waals surface area contributed by atoms with E-state index in [1.54, 1.807) is 0 Å². The number of pyridine rings is 1. The Morgan fingerprint density at radius 3 is 2.85 bits per heavy atom. The van der Waals surface area contributed by atoms with Gasteiger partial charge in [-0.2, -0.15) is 5.26 Å². The molecule has 0 amide bonds. The summed E-state index contributed by atoms with van der Waals surface area (Å²) in [5.74, 6) is 0.714. The highest BCUT2D eigenvalue weighted by Gasteiger charge is 2.22. The fraction of sp³-hybridized carbons (Fsp3) is 0.600. The van der Waals surface area contributed by atoms with Gasteiger partial charge in [-0.25, -0.2) is 4.98 Å². The summed E-state index contributed by atoms with van der Waals surface area (Å²) in [7, 11) is 4.30. The molecule has 1 fully saturated rings. The Hall–Kier alpha value is -1.64. The third-order valence-corrected chi connectivity index (χ3v) is 3.94. The smallest absolute Gasteiger partial charge is 0.144 e. The van der Waals surface area contributed by atoms with Gasteiger partial charge < -0.3 is 10.2 Å². The molecule has 2 rings (SSSR count). The van der Waals surface area contributed by atoms with Gasteiger partial charge in [0.2, 0.25) is 0 Å². The maximum Gasteiger partial charge on any atom is 0.144 e. The highest BCUT2D eigenvalue weighted by atomic mass is 15.3. The minimum Gasteiger partial charge on any atom is -0.367 e. The van der Waals surface area contributed by atoms with Crippen molar-refractivity contribution in [2.75, 3.05) is 45.6 Å². The average molecular weight is 273 g/mol. The monoisotopic (exact) mass is 273 g/mol. The van der Waals surface area contributed by atoms with E-state index in [2.05, 4.69) is 40.3 Å². The number of anilines is 1. The zero-order valence-corrected chi connectivity index (χ0v) is 12.8. The van der Waals surface area contributed by atoms with Crippen LogP contribution in [0.15, 0.2) is 6.07 Å². The first-order chi connectivity index (χ1) is 9.51. The second kappa shape index (κ2) is 6.21. The predicted octanol–water partition coefficient (Wildman–Crippen LogP) is 1.23. The van der Waals surface area contributed by atoms with Crippen LogP contribution in [0.3, 0.4) is 0 Å². The van der Waals surface area contributed by atoms with Gasteiger partial charge in [0.1, 0.15) is 11.9 Å². The topological polar surface area (TPSA) is 55.2 Å². The molecule has 1 aliphatic rings. The molecule has 2 heterocycles. The van der Waals surface area contributed by atoms with Crippen molar-refractivity contribution in [3.05, 3.63) is 22.9 Å². The Kier molecular flexibility index (Phi) is 4.58. The van der Waals surface area contributed by atoms with Gasteiger partial charge in [0.25, 0.3) is 0 Å². The van der Waals surface area contributed by atoms with Crippen LogP contribution >= 0.6 is 0 Å². The molecule has 1 saturated heterocycles. The number of piperazine rings is 1. The molecule has 1 unspecified atom stereocenters. The first kappa shape index (κ1) is 14.8. The van der Waals surface area contributed by atoms with E-state index in [-0.39, 0.29) is 0 Å². The van der Waals surface area contributed by atoms with Crippen LogP contribution in [0.25, 0.3) is 0 Å². The van der Waals surface area contributed by atoms with E-state index in [1.807, 2.05) is 19.9 Å². The summed E-state index contributed by atoms with van der Waals surface area (Å²) < 4.78 is 0. The van der Waals surface area contributed by atoms with Gasteiger partial charge in [0, 0.05) is 37.9 Å². The van der Waals surface area contributed by atoms with Crippen molar-refractivity contribution in [2.45, 2.75) is 19.9 Å². The van der Waals surface area contributed by atoms with Gasteiger partial charge in [-0.1, -0.05) is 0 Å². The molecule has 108 valence electrons. The number of likely N-dealkylation sites (N-methyl/N-ethyl adjacent to an activating group) is 2. The molecule has 1 atom stereocenters. The van der Waals surface area contributed by atoms with Gasteiger partial charge in [-0.05, 0) is 39.6 Å². The predicted molar refractivity (Wildman–Crippen MR) is 80.8 cm³/mol. The van der Waals surface area contributed by atoms with Crippen molar-refractivity contribution in [1.82, 2.24) is 14.8 Å². The van der Waals surface area contributed by atoms with Crippen LogP contribution in [0.1, 0.15) is 16.8 Å². The third kappa shape index (κ3) is 3.27. The molecule has 0 saturated carbocycles. The van der Waals surface area contributed by atoms with Crippen molar-refractivity contribution < 1.29 is 0 Å². The van der Waals surface area contributed by atoms with E-state index in [9.17, 15) is 5.26 Å². The van der Waals surface area contributed by atoms with Crippen LogP contribution in [-0.4, -0.2) is 61.1 Å². The lowest BCUT2D eigenvalue weighted by Crippen LogP contribution is -2.52. The van der Waals surface area contributed by atoms with Gasteiger partial charge in [0.15, 0.2) is 0 Å². The van der Waals surface area contributed by atoms with Gasteiger partial charge in [-0.15, -0.1) is 0 Å². The van der Waals surface area contributed by atoms with Crippen LogP contribution in [0, 0.1) is 25.2 Å². The molecular formula is C15H23N5. The zero-order chi connectivity index (χ0) is 14.7. The number of nitrogens with zero attached hydrogens (tertiary/aromatic N) is 4. The highest BCUT2D eigenvalue weighted by molar-refractivity contribution is 5.56. The fourth-order valence-corrected chi connectivity index (χ4v) is 2.64. The third-order valence-electron chi connectivity index (χ3n) is 3.94. The van der Waals surface area contributed by atoms with E-state index in [0.29, 0.717) is 17.4 Å². The molecule has 1 aliphatic heterocycles. The van der Waals surface area contributed by atoms with Gasteiger partial charge in [0.05, 0.1) is 5.56 Å². The second-order valence-corrected chi connectivity index (χ2v) is 5.69. The Morgan fingerprint density at radius 2 is 2.15 bits per heavy atom. The van der Waals surface area contributed by atoms with E-state index in [4.69, 9.17) is 0 Å². The maximum absolute atomic E-state index is 9.27. The summed E-state index contributed by atoms with van der Waals surface area (Å²) in [6.45, 7) is 7.95. The lowest BCUT2D eigenvalue weighted by Gasteiger charge is -2.37. The molecule has 0 radical (unpaired) electrons. The van der Waals surface area contributed by atoms with Crippen molar-refractivity contribution in [1.29, 1.82) is 5.26 Å². The van der Waals surface area contributed by atoms with E-state index in [1.165, 1.54) is 0 Å². The summed E-state index contributed by atoms with van der Waals surface area (Å²) in [6.07, 6.45) is 0. The molecular weight excluding hydrogens is 250 g/mol. The zero-order valence-electron chi connectivity index (χ0n) is 12.8. The lowest BCUT2D eigenvalue weighted by molar-refractivity contribution is 0.122. The van der Waals surface area contributed by atoms with Crippen LogP contribution in [0.2, 0.25) is 0 Å². The minimum absolute atomic E-state index is 0.447. The number of aryl methyl sites for hydroxylation is 2. The lowest BCUT2D eigenvalue weighted by atomic mass is 10.1. The largest absolute Gasteiger partial charge is 0.367 e. The van der Waals surface area contributed by atoms with E-state index in [0.717, 1.165) is 37.4 Å². The number of hydrogen-bond donors (Lipinski definition) is 1. The Bertz CT molecular complexity index is 520. The summed E-state index contributed by atoms with van der Waals surface area (Å²) in [4.78, 5) is 9.17. The molecule has 1 aromatic heterocycles. The standard InChI is InChI=1S/C15H23N5/c1-11-7-12(2)18-15(14(11)8-16)17-9-13-10-19(3)5-6-20(13)4/h7,13H,5-6,9-10H2,1-4H3,(H,17,18). The number of nitriles is 1. The molecule has 5 heteroatoms. The van der Waals surface area contributed by atoms with Crippen LogP contribution in [0.5, 0.6) is 0 Å². The summed E-state index contributed by atoms with van der Waals surface area (Å²) in [5.41, 5.74) is 2.58. The van der Waals surface area contributed by atoms with Crippen LogP contribution in [0.4, 0.5) is 5.82 Å². The van der Waals surface area contributed by atoms with Crippen molar-refractivity contribution in [2.24, 2.45) is 0 Å². The summed E-state index contributed by atoms with van der Waals surface area (Å²) in [5, 5.41) is 12.6. The summed E-state index contributed by atoms with van der Waals surface area (Å²) in [6, 6.07) is 4.65. The van der Waals surface area contributed by atoms with Crippen molar-refractivity contribution in [3.63, 3.8) is 0 Å². The SMILES string of the molecule is Cc1cc(C)c(C#N)c(NCC2CN(C)CCN2C)n1. The molecule has 0 spiro atoms. The normalized spacial score (nSPS) is 20.6. The highest BCUT2D eigenvalue weighted by Crippen LogP contribution is 2.18. The molecule has 0 aliphatic carbocycles. The molecule has 20 heavy (non-hydrogen) atoms. The average Bonchev–Trinajstić information content (AvgIpc) is 2.39. The first-order valence-corrected chi connectivity index (χ1v) is 7.02. The number of nitrogens with one attached hydrogen (secondary N) is 1. The molecule has 0 bridgehead atoms.